The Balaban J connectivity index is 1.12. The van der Waals surface area contributed by atoms with E-state index < -0.39 is 6.08 Å². The van der Waals surface area contributed by atoms with Gasteiger partial charge in [-0.3, -0.25) is 10.3 Å². The van der Waals surface area contributed by atoms with E-state index in [0.29, 0.717) is 30.7 Å². The molecule has 0 atom stereocenters. The molecule has 0 spiro atoms. The zero-order valence-electron chi connectivity index (χ0n) is 21.7. The summed E-state index contributed by atoms with van der Waals surface area (Å²) >= 11 is 0. The highest BCUT2D eigenvalue weighted by atomic mass is 16.7. The molecule has 2 aliphatic rings. The van der Waals surface area contributed by atoms with Crippen molar-refractivity contribution in [2.45, 2.75) is 38.7 Å². The lowest BCUT2D eigenvalue weighted by Gasteiger charge is -2.32. The second kappa shape index (κ2) is 11.2. The van der Waals surface area contributed by atoms with E-state index in [1.807, 2.05) is 18.2 Å². The predicted molar refractivity (Wildman–Crippen MR) is 144 cm³/mol. The molecule has 0 amide bonds. The number of likely N-dealkylation sites (tertiary alicyclic amines) is 1. The molecule has 5 rings (SSSR count). The first kappa shape index (κ1) is 25.7. The van der Waals surface area contributed by atoms with Gasteiger partial charge in [0, 0.05) is 12.6 Å². The van der Waals surface area contributed by atoms with Crippen LogP contribution in [0.5, 0.6) is 17.2 Å². The summed E-state index contributed by atoms with van der Waals surface area (Å²) in [7, 11) is 0. The molecule has 0 unspecified atom stereocenters. The molecule has 1 fully saturated rings. The lowest BCUT2D eigenvalue weighted by Crippen LogP contribution is -2.35. The maximum atomic E-state index is 8.11. The van der Waals surface area contributed by atoms with Gasteiger partial charge in [0.15, 0.2) is 17.3 Å². The quantitative estimate of drug-likeness (QED) is 0.224. The van der Waals surface area contributed by atoms with Crippen molar-refractivity contribution in [2.24, 2.45) is 0 Å². The molecule has 0 aliphatic carbocycles. The fourth-order valence-electron chi connectivity index (χ4n) is 4.79. The summed E-state index contributed by atoms with van der Waals surface area (Å²) in [6.07, 6.45) is 1.50. The first-order chi connectivity index (χ1) is 18.4. The number of fused-ring (bicyclic) bond motifs is 2. The highest BCUT2D eigenvalue weighted by molar-refractivity contribution is 5.99. The van der Waals surface area contributed by atoms with Crippen molar-refractivity contribution in [3.8, 4) is 17.2 Å². The zero-order chi connectivity index (χ0) is 26.6. The number of hydrogen-bond acceptors (Lipinski definition) is 9. The Morgan fingerprint density at radius 3 is 2.66 bits per heavy atom. The molecule has 3 heterocycles. The molecule has 2 N–H and O–H groups in total. The third-order valence-corrected chi connectivity index (χ3v) is 6.62. The van der Waals surface area contributed by atoms with Gasteiger partial charge in [-0.05, 0) is 81.1 Å². The average Bonchev–Trinajstić information content (AvgIpc) is 3.54. The number of nitrogens with one attached hydrogen (secondary N) is 2. The summed E-state index contributed by atoms with van der Waals surface area (Å²) in [5.41, 5.74) is 2.87. The number of furan rings is 1. The maximum Gasteiger partial charge on any atom is 0.387 e. The van der Waals surface area contributed by atoms with Gasteiger partial charge in [0.05, 0.1) is 11.5 Å². The van der Waals surface area contributed by atoms with Crippen molar-refractivity contribution < 1.29 is 28.1 Å². The van der Waals surface area contributed by atoms with Crippen molar-refractivity contribution >= 4 is 23.0 Å². The van der Waals surface area contributed by atoms with Gasteiger partial charge in [-0.2, -0.15) is 0 Å². The molecule has 1 saturated heterocycles. The standard InChI is InChI=1S/C29H33N3O6/c1-18(2)36-29(31)38-28(30)27-14-22-23(5-4-6-24(22)37-27)33-16-19(3)15-32-11-9-20(10-12-32)21-7-8-25-26(13-21)35-17-34-25/h4-8,13-14,18,20,30-31H,3,9-12,15-17H2,1-2H3. The minimum Gasteiger partial charge on any atom is -0.488 e. The molecule has 2 aromatic carbocycles. The number of benzene rings is 2. The van der Waals surface area contributed by atoms with Crippen molar-refractivity contribution in [3.05, 3.63) is 65.9 Å². The lowest BCUT2D eigenvalue weighted by molar-refractivity contribution is 0.170. The maximum absolute atomic E-state index is 8.11. The molecular weight excluding hydrogens is 486 g/mol. The second-order valence-electron chi connectivity index (χ2n) is 9.87. The SMILES string of the molecule is C=C(COc1cccc2oc(C(=N)OC(=N)OC(C)C)cc12)CN1CCC(c2ccc3c(c2)OCO3)CC1. The van der Waals surface area contributed by atoms with Crippen molar-refractivity contribution in [1.29, 1.82) is 10.8 Å². The van der Waals surface area contributed by atoms with E-state index in [9.17, 15) is 0 Å². The first-order valence-electron chi connectivity index (χ1n) is 12.8. The summed E-state index contributed by atoms with van der Waals surface area (Å²) in [6.45, 7) is 11.2. The Hall–Kier alpha value is -3.98. The van der Waals surface area contributed by atoms with Crippen LogP contribution in [0.1, 0.15) is 43.9 Å². The van der Waals surface area contributed by atoms with Crippen molar-refractivity contribution in [3.63, 3.8) is 0 Å². The van der Waals surface area contributed by atoms with Gasteiger partial charge in [-0.1, -0.05) is 18.7 Å². The van der Waals surface area contributed by atoms with Crippen LogP contribution < -0.4 is 14.2 Å². The van der Waals surface area contributed by atoms with Crippen LogP contribution in [0.15, 0.2) is 59.0 Å². The zero-order valence-corrected chi connectivity index (χ0v) is 21.7. The van der Waals surface area contributed by atoms with Crippen LogP contribution >= 0.6 is 0 Å². The molecule has 9 heteroatoms. The van der Waals surface area contributed by atoms with Gasteiger partial charge >= 0.3 is 6.08 Å². The molecule has 0 bridgehead atoms. The smallest absolute Gasteiger partial charge is 0.387 e. The summed E-state index contributed by atoms with van der Waals surface area (Å²) < 4.78 is 33.1. The van der Waals surface area contributed by atoms with Gasteiger partial charge in [0.2, 0.25) is 6.79 Å². The van der Waals surface area contributed by atoms with E-state index in [1.165, 1.54) is 5.56 Å². The lowest BCUT2D eigenvalue weighted by atomic mass is 9.89. The Morgan fingerprint density at radius 1 is 1.08 bits per heavy atom. The van der Waals surface area contributed by atoms with Crippen LogP contribution in [0.2, 0.25) is 0 Å². The normalized spacial score (nSPS) is 15.6. The Labute approximate surface area is 221 Å². The molecule has 0 radical (unpaired) electrons. The number of nitrogens with zero attached hydrogens (tertiary/aromatic N) is 1. The van der Waals surface area contributed by atoms with Crippen molar-refractivity contribution in [2.75, 3.05) is 33.0 Å². The Morgan fingerprint density at radius 2 is 1.87 bits per heavy atom. The van der Waals surface area contributed by atoms with Gasteiger partial charge in [-0.25, -0.2) is 5.41 Å². The molecular formula is C29H33N3O6. The first-order valence-corrected chi connectivity index (χ1v) is 12.8. The third-order valence-electron chi connectivity index (χ3n) is 6.62. The Bertz CT molecular complexity index is 1340. The van der Waals surface area contributed by atoms with Gasteiger partial charge in [0.25, 0.3) is 5.90 Å². The van der Waals surface area contributed by atoms with Crippen LogP contribution in [-0.4, -0.2) is 56.0 Å². The number of piperidine rings is 1. The monoisotopic (exact) mass is 519 g/mol. The molecule has 38 heavy (non-hydrogen) atoms. The molecule has 3 aromatic rings. The summed E-state index contributed by atoms with van der Waals surface area (Å²) in [5, 5.41) is 16.5. The molecule has 200 valence electrons. The fraction of sp³-hybridized carbons (Fsp3) is 0.379. The fourth-order valence-corrected chi connectivity index (χ4v) is 4.79. The third kappa shape index (κ3) is 5.94. The van der Waals surface area contributed by atoms with Crippen LogP contribution in [0.4, 0.5) is 0 Å². The highest BCUT2D eigenvalue weighted by Gasteiger charge is 2.23. The summed E-state index contributed by atoms with van der Waals surface area (Å²) in [5.74, 6) is 2.72. The highest BCUT2D eigenvalue weighted by Crippen LogP contribution is 2.37. The molecule has 0 saturated carbocycles. The average molecular weight is 520 g/mol. The topological polar surface area (TPSA) is 110 Å². The van der Waals surface area contributed by atoms with E-state index in [0.717, 1.165) is 54.9 Å². The van der Waals surface area contributed by atoms with E-state index in [2.05, 4.69) is 23.6 Å². The number of rotatable bonds is 8. The van der Waals surface area contributed by atoms with Crippen LogP contribution in [0.25, 0.3) is 11.0 Å². The second-order valence-corrected chi connectivity index (χ2v) is 9.87. The van der Waals surface area contributed by atoms with E-state index in [1.54, 1.807) is 26.0 Å². The van der Waals surface area contributed by atoms with Gasteiger partial charge in [-0.15, -0.1) is 0 Å². The van der Waals surface area contributed by atoms with Crippen LogP contribution in [0.3, 0.4) is 0 Å². The molecule has 2 aliphatic heterocycles. The van der Waals surface area contributed by atoms with Crippen LogP contribution in [0, 0.1) is 10.8 Å². The Kier molecular flexibility index (Phi) is 7.55. The summed E-state index contributed by atoms with van der Waals surface area (Å²) in [6, 6.07) is 13.5. The minimum atomic E-state index is -0.446. The minimum absolute atomic E-state index is 0.192. The number of hydrogen-bond donors (Lipinski definition) is 2. The largest absolute Gasteiger partial charge is 0.488 e. The van der Waals surface area contributed by atoms with Gasteiger partial charge in [0.1, 0.15) is 17.9 Å². The summed E-state index contributed by atoms with van der Waals surface area (Å²) in [4.78, 5) is 2.42. The van der Waals surface area contributed by atoms with E-state index in [4.69, 9.17) is 38.9 Å². The predicted octanol–water partition coefficient (Wildman–Crippen LogP) is 5.68. The van der Waals surface area contributed by atoms with Gasteiger partial charge < -0.3 is 28.1 Å². The van der Waals surface area contributed by atoms with E-state index in [-0.39, 0.29) is 17.8 Å². The number of ether oxygens (including phenoxy) is 5. The van der Waals surface area contributed by atoms with Crippen LogP contribution in [-0.2, 0) is 9.47 Å². The molecule has 1 aromatic heterocycles. The van der Waals surface area contributed by atoms with Crippen molar-refractivity contribution in [1.82, 2.24) is 4.90 Å². The molecule has 9 nitrogen and oxygen atoms in total. The van der Waals surface area contributed by atoms with E-state index >= 15 is 0 Å².